The van der Waals surface area contributed by atoms with Crippen LogP contribution in [0.4, 0.5) is 4.79 Å². The second-order valence-corrected chi connectivity index (χ2v) is 9.58. The Bertz CT molecular complexity index is 1110. The summed E-state index contributed by atoms with van der Waals surface area (Å²) < 4.78 is 5.63. The van der Waals surface area contributed by atoms with Crippen molar-refractivity contribution in [1.29, 1.82) is 0 Å². The number of fused-ring (bicyclic) bond motifs is 3. The molecule has 0 radical (unpaired) electrons. The molecule has 1 heterocycles. The highest BCUT2D eigenvalue weighted by Gasteiger charge is 2.35. The van der Waals surface area contributed by atoms with Crippen molar-refractivity contribution < 1.29 is 24.2 Å². The number of aliphatic carboxylic acids is 1. The molecule has 1 fully saturated rings. The van der Waals surface area contributed by atoms with Crippen molar-refractivity contribution in [3.63, 3.8) is 0 Å². The number of carbonyl (C=O) groups excluding carboxylic acids is 2. The molecule has 1 aliphatic heterocycles. The first-order valence-corrected chi connectivity index (χ1v) is 12.3. The molecule has 1 saturated heterocycles. The van der Waals surface area contributed by atoms with Gasteiger partial charge in [0.2, 0.25) is 5.91 Å². The van der Waals surface area contributed by atoms with E-state index in [1.165, 1.54) is 11.1 Å². The number of likely N-dealkylation sites (tertiary alicyclic amines) is 1. The lowest BCUT2D eigenvalue weighted by molar-refractivity contribution is -0.143. The molecule has 7 heteroatoms. The summed E-state index contributed by atoms with van der Waals surface area (Å²) in [5.74, 6) is -1.30. The highest BCUT2D eigenvalue weighted by molar-refractivity contribution is 5.83. The molecule has 182 valence electrons. The van der Waals surface area contributed by atoms with Gasteiger partial charge in [0.05, 0.1) is 18.4 Å². The molecule has 2 aromatic rings. The Hall–Kier alpha value is -3.61. The first kappa shape index (κ1) is 23.1. The number of hydrogen-bond acceptors (Lipinski definition) is 4. The number of ether oxygens (including phenoxy) is 1. The van der Waals surface area contributed by atoms with Crippen LogP contribution in [0, 0.1) is 5.92 Å². The zero-order valence-corrected chi connectivity index (χ0v) is 19.6. The van der Waals surface area contributed by atoms with Crippen LogP contribution in [-0.2, 0) is 14.3 Å². The molecule has 3 aliphatic rings. The third kappa shape index (κ3) is 4.81. The van der Waals surface area contributed by atoms with Gasteiger partial charge in [-0.3, -0.25) is 9.59 Å². The Kier molecular flexibility index (Phi) is 6.57. The van der Waals surface area contributed by atoms with E-state index in [1.54, 1.807) is 4.90 Å². The van der Waals surface area contributed by atoms with Crippen LogP contribution in [0.1, 0.15) is 49.1 Å². The summed E-state index contributed by atoms with van der Waals surface area (Å²) in [5, 5.41) is 12.1. The van der Waals surface area contributed by atoms with E-state index in [2.05, 4.69) is 29.6 Å². The van der Waals surface area contributed by atoms with E-state index in [-0.39, 0.29) is 42.9 Å². The van der Waals surface area contributed by atoms with Gasteiger partial charge in [-0.15, -0.1) is 0 Å². The van der Waals surface area contributed by atoms with Crippen molar-refractivity contribution in [2.45, 2.75) is 50.1 Å². The minimum Gasteiger partial charge on any atom is -0.481 e. The Morgan fingerprint density at radius 3 is 2.34 bits per heavy atom. The zero-order chi connectivity index (χ0) is 24.4. The maximum Gasteiger partial charge on any atom is 0.407 e. The van der Waals surface area contributed by atoms with E-state index in [1.807, 2.05) is 36.4 Å². The Labute approximate surface area is 204 Å². The molecule has 5 rings (SSSR count). The molecule has 0 spiro atoms. The fraction of sp³-hybridized carbons (Fsp3) is 0.393. The monoisotopic (exact) mass is 474 g/mol. The van der Waals surface area contributed by atoms with Crippen molar-refractivity contribution in [2.24, 2.45) is 5.92 Å². The number of amides is 2. The van der Waals surface area contributed by atoms with Crippen LogP contribution in [0.15, 0.2) is 60.7 Å². The third-order valence-electron chi connectivity index (χ3n) is 7.37. The Balaban J connectivity index is 1.15. The van der Waals surface area contributed by atoms with Gasteiger partial charge >= 0.3 is 12.1 Å². The first-order valence-electron chi connectivity index (χ1n) is 12.3. The fourth-order valence-corrected chi connectivity index (χ4v) is 5.70. The molecule has 0 saturated carbocycles. The van der Waals surface area contributed by atoms with Gasteiger partial charge in [-0.25, -0.2) is 4.79 Å². The number of carboxylic acids is 1. The molecule has 2 amide bonds. The average molecular weight is 475 g/mol. The first-order chi connectivity index (χ1) is 17.0. The van der Waals surface area contributed by atoms with Crippen LogP contribution in [-0.4, -0.2) is 53.2 Å². The number of carboxylic acid groups (broad SMARTS) is 1. The highest BCUT2D eigenvalue weighted by Crippen LogP contribution is 2.44. The second-order valence-electron chi connectivity index (χ2n) is 9.58. The molecule has 2 unspecified atom stereocenters. The average Bonchev–Trinajstić information content (AvgIpc) is 3.45. The Morgan fingerprint density at radius 1 is 0.971 bits per heavy atom. The summed E-state index contributed by atoms with van der Waals surface area (Å²) in [6.45, 7) is 0.828. The maximum absolute atomic E-state index is 13.1. The summed E-state index contributed by atoms with van der Waals surface area (Å²) in [5.41, 5.74) is 4.67. The summed E-state index contributed by atoms with van der Waals surface area (Å²) in [7, 11) is 0. The van der Waals surface area contributed by atoms with Gasteiger partial charge in [0, 0.05) is 18.5 Å². The lowest BCUT2D eigenvalue weighted by Crippen LogP contribution is -2.47. The zero-order valence-electron chi connectivity index (χ0n) is 19.6. The van der Waals surface area contributed by atoms with Crippen molar-refractivity contribution in [3.05, 3.63) is 71.8 Å². The van der Waals surface area contributed by atoms with E-state index in [9.17, 15) is 19.5 Å². The van der Waals surface area contributed by atoms with E-state index >= 15 is 0 Å². The van der Waals surface area contributed by atoms with Gasteiger partial charge in [0.1, 0.15) is 6.61 Å². The lowest BCUT2D eigenvalue weighted by Gasteiger charge is -2.36. The SMILES string of the molecule is O=C(O)C[C@H]1CCCCN1C(=O)C1C=CC(NC(=O)OCC2c3ccccc3-c3ccccc32)C1. The Morgan fingerprint density at radius 2 is 1.66 bits per heavy atom. The number of nitrogens with zero attached hydrogens (tertiary/aromatic N) is 1. The number of alkyl carbamates (subject to hydrolysis) is 1. The smallest absolute Gasteiger partial charge is 0.407 e. The van der Waals surface area contributed by atoms with Gasteiger partial charge in [0.15, 0.2) is 0 Å². The van der Waals surface area contributed by atoms with Gasteiger partial charge < -0.3 is 20.1 Å². The summed E-state index contributed by atoms with van der Waals surface area (Å²) in [4.78, 5) is 38.6. The number of piperidine rings is 1. The van der Waals surface area contributed by atoms with Crippen LogP contribution in [0.25, 0.3) is 11.1 Å². The van der Waals surface area contributed by atoms with Crippen molar-refractivity contribution >= 4 is 18.0 Å². The highest BCUT2D eigenvalue weighted by atomic mass is 16.5. The minimum atomic E-state index is -0.883. The van der Waals surface area contributed by atoms with E-state index in [0.29, 0.717) is 13.0 Å². The van der Waals surface area contributed by atoms with Crippen LogP contribution >= 0.6 is 0 Å². The summed E-state index contributed by atoms with van der Waals surface area (Å²) in [6, 6.07) is 15.8. The number of hydrogen-bond donors (Lipinski definition) is 2. The predicted octanol–water partition coefficient (Wildman–Crippen LogP) is 4.33. The molecule has 2 aliphatic carbocycles. The van der Waals surface area contributed by atoms with E-state index in [0.717, 1.165) is 30.4 Å². The van der Waals surface area contributed by atoms with Crippen molar-refractivity contribution in [2.75, 3.05) is 13.2 Å². The number of nitrogens with one attached hydrogen (secondary N) is 1. The standard InChI is InChI=1S/C28H30N2O5/c31-26(32)16-20-7-5-6-14-30(20)27(33)18-12-13-19(15-18)29-28(34)35-17-25-23-10-3-1-8-21(23)22-9-2-4-11-24(22)25/h1-4,8-13,18-20,25H,5-7,14-17H2,(H,29,34)(H,31,32)/t18?,19?,20-/m1/s1. The number of rotatable bonds is 6. The second kappa shape index (κ2) is 9.94. The van der Waals surface area contributed by atoms with Gasteiger partial charge in [0.25, 0.3) is 0 Å². The summed E-state index contributed by atoms with van der Waals surface area (Å²) in [6.07, 6.45) is 6.13. The minimum absolute atomic E-state index is 0.00753. The van der Waals surface area contributed by atoms with Crippen LogP contribution in [0.2, 0.25) is 0 Å². The summed E-state index contributed by atoms with van der Waals surface area (Å²) >= 11 is 0. The molecule has 0 bridgehead atoms. The molecular formula is C28H30N2O5. The molecule has 2 N–H and O–H groups in total. The van der Waals surface area contributed by atoms with Crippen molar-refractivity contribution in [1.82, 2.24) is 10.2 Å². The molecular weight excluding hydrogens is 444 g/mol. The van der Waals surface area contributed by atoms with E-state index < -0.39 is 12.1 Å². The largest absolute Gasteiger partial charge is 0.481 e. The van der Waals surface area contributed by atoms with Crippen molar-refractivity contribution in [3.8, 4) is 11.1 Å². The molecule has 7 nitrogen and oxygen atoms in total. The van der Waals surface area contributed by atoms with Gasteiger partial charge in [-0.2, -0.15) is 0 Å². The van der Waals surface area contributed by atoms with Gasteiger partial charge in [-0.1, -0.05) is 60.7 Å². The maximum atomic E-state index is 13.1. The van der Waals surface area contributed by atoms with Crippen LogP contribution < -0.4 is 5.32 Å². The molecule has 0 aromatic heterocycles. The fourth-order valence-electron chi connectivity index (χ4n) is 5.70. The normalized spacial score (nSPS) is 23.0. The lowest BCUT2D eigenvalue weighted by atomic mass is 9.96. The molecule has 3 atom stereocenters. The van der Waals surface area contributed by atoms with E-state index in [4.69, 9.17) is 4.74 Å². The number of carbonyl (C=O) groups is 3. The van der Waals surface area contributed by atoms with Gasteiger partial charge in [-0.05, 0) is 47.9 Å². The topological polar surface area (TPSA) is 95.9 Å². The van der Waals surface area contributed by atoms with Crippen LogP contribution in [0.3, 0.4) is 0 Å². The predicted molar refractivity (Wildman–Crippen MR) is 131 cm³/mol. The quantitative estimate of drug-likeness (QED) is 0.608. The number of benzene rings is 2. The molecule has 35 heavy (non-hydrogen) atoms. The molecule has 2 aromatic carbocycles. The third-order valence-corrected chi connectivity index (χ3v) is 7.37. The van der Waals surface area contributed by atoms with Crippen LogP contribution in [0.5, 0.6) is 0 Å².